The maximum Gasteiger partial charge on any atom is 0.276 e. The van der Waals surface area contributed by atoms with E-state index in [1.165, 1.54) is 12.1 Å². The zero-order chi connectivity index (χ0) is 10.7. The second-order valence-corrected chi connectivity index (χ2v) is 3.27. The predicted molar refractivity (Wildman–Crippen MR) is 51.3 cm³/mol. The summed E-state index contributed by atoms with van der Waals surface area (Å²) in [7, 11) is 0. The number of hydrogen-bond acceptors (Lipinski definition) is 4. The molecule has 80 valence electrons. The zero-order valence-corrected chi connectivity index (χ0v) is 8.10. The van der Waals surface area contributed by atoms with Gasteiger partial charge in [-0.1, -0.05) is 0 Å². The Morgan fingerprint density at radius 3 is 3.00 bits per heavy atom. The van der Waals surface area contributed by atoms with Crippen molar-refractivity contribution in [3.63, 3.8) is 0 Å². The number of ether oxygens (including phenoxy) is 1. The monoisotopic (exact) mass is 209 g/mol. The van der Waals surface area contributed by atoms with Crippen LogP contribution in [0.3, 0.4) is 0 Å². The molecule has 1 saturated heterocycles. The van der Waals surface area contributed by atoms with Gasteiger partial charge in [-0.15, -0.1) is 0 Å². The maximum absolute atomic E-state index is 11.8. The molecule has 1 aliphatic rings. The highest BCUT2D eigenvalue weighted by atomic mass is 16.5. The fourth-order valence-electron chi connectivity index (χ4n) is 1.38. The van der Waals surface area contributed by atoms with Crippen molar-refractivity contribution in [2.45, 2.75) is 6.42 Å². The van der Waals surface area contributed by atoms with Gasteiger partial charge in [0, 0.05) is 12.6 Å². The van der Waals surface area contributed by atoms with Gasteiger partial charge >= 0.3 is 0 Å². The summed E-state index contributed by atoms with van der Waals surface area (Å²) in [4.78, 5) is 24.1. The van der Waals surface area contributed by atoms with E-state index in [-0.39, 0.29) is 17.2 Å². The van der Waals surface area contributed by atoms with Gasteiger partial charge in [-0.3, -0.25) is 9.59 Å². The lowest BCUT2D eigenvalue weighted by Gasteiger charge is -2.26. The van der Waals surface area contributed by atoms with Crippen molar-refractivity contribution in [2.24, 2.45) is 0 Å². The summed E-state index contributed by atoms with van der Waals surface area (Å²) >= 11 is 0. The number of carbonyl (C=O) groups is 1. The third-order valence-electron chi connectivity index (χ3n) is 2.15. The number of aromatic nitrogens is 2. The molecule has 2 rings (SSSR count). The molecule has 0 saturated carbocycles. The average molecular weight is 209 g/mol. The Hall–Kier alpha value is -1.69. The van der Waals surface area contributed by atoms with Crippen molar-refractivity contribution < 1.29 is 9.53 Å². The van der Waals surface area contributed by atoms with E-state index in [0.717, 1.165) is 6.42 Å². The van der Waals surface area contributed by atoms with E-state index in [0.29, 0.717) is 19.9 Å². The summed E-state index contributed by atoms with van der Waals surface area (Å²) in [5.41, 5.74) is -0.0819. The van der Waals surface area contributed by atoms with Crippen molar-refractivity contribution in [3.05, 3.63) is 28.2 Å². The number of rotatable bonds is 1. The first-order valence-electron chi connectivity index (χ1n) is 4.70. The smallest absolute Gasteiger partial charge is 0.276 e. The third-order valence-corrected chi connectivity index (χ3v) is 2.15. The highest BCUT2D eigenvalue weighted by molar-refractivity contribution is 5.92. The number of aromatic amines is 1. The third kappa shape index (κ3) is 2.21. The molecule has 0 radical (unpaired) electrons. The highest BCUT2D eigenvalue weighted by Gasteiger charge is 2.19. The highest BCUT2D eigenvalue weighted by Crippen LogP contribution is 2.05. The Bertz CT molecular complexity index is 389. The van der Waals surface area contributed by atoms with E-state index < -0.39 is 0 Å². The minimum atomic E-state index is -0.318. The molecule has 2 heterocycles. The molecule has 6 nitrogen and oxygen atoms in total. The largest absolute Gasteiger partial charge is 0.361 e. The van der Waals surface area contributed by atoms with Crippen LogP contribution in [0.25, 0.3) is 0 Å². The lowest BCUT2D eigenvalue weighted by molar-refractivity contribution is -0.00609. The molecule has 15 heavy (non-hydrogen) atoms. The van der Waals surface area contributed by atoms with E-state index in [2.05, 4.69) is 10.2 Å². The maximum atomic E-state index is 11.8. The van der Waals surface area contributed by atoms with Crippen molar-refractivity contribution in [1.82, 2.24) is 15.1 Å². The topological polar surface area (TPSA) is 75.3 Å². The van der Waals surface area contributed by atoms with Gasteiger partial charge in [0.2, 0.25) is 0 Å². The van der Waals surface area contributed by atoms with Crippen LogP contribution in [0.15, 0.2) is 16.9 Å². The van der Waals surface area contributed by atoms with Gasteiger partial charge in [-0.2, -0.15) is 5.10 Å². The molecule has 6 heteroatoms. The SMILES string of the molecule is O=C(c1ccc(=O)[nH]n1)N1CCCOC1. The van der Waals surface area contributed by atoms with E-state index >= 15 is 0 Å². The molecule has 0 atom stereocenters. The van der Waals surface area contributed by atoms with Crippen LogP contribution in [0, 0.1) is 0 Å². The molecule has 1 N–H and O–H groups in total. The van der Waals surface area contributed by atoms with Crippen molar-refractivity contribution in [1.29, 1.82) is 0 Å². The lowest BCUT2D eigenvalue weighted by atomic mass is 10.3. The van der Waals surface area contributed by atoms with Crippen LogP contribution >= 0.6 is 0 Å². The average Bonchev–Trinajstić information content (AvgIpc) is 2.30. The summed E-state index contributed by atoms with van der Waals surface area (Å²) < 4.78 is 5.15. The Morgan fingerprint density at radius 1 is 1.53 bits per heavy atom. The van der Waals surface area contributed by atoms with Crippen molar-refractivity contribution >= 4 is 5.91 Å². The second-order valence-electron chi connectivity index (χ2n) is 3.27. The Morgan fingerprint density at radius 2 is 2.40 bits per heavy atom. The molecular formula is C9H11N3O3. The molecule has 1 aromatic rings. The number of nitrogens with zero attached hydrogens (tertiary/aromatic N) is 2. The minimum Gasteiger partial charge on any atom is -0.361 e. The zero-order valence-electron chi connectivity index (χ0n) is 8.10. The Kier molecular flexibility index (Phi) is 2.77. The van der Waals surface area contributed by atoms with Crippen LogP contribution < -0.4 is 5.56 Å². The molecular weight excluding hydrogens is 198 g/mol. The molecule has 1 amide bonds. The fourth-order valence-corrected chi connectivity index (χ4v) is 1.38. The van der Waals surface area contributed by atoms with Crippen LogP contribution in [-0.2, 0) is 4.74 Å². The molecule has 0 unspecified atom stereocenters. The summed E-state index contributed by atoms with van der Waals surface area (Å²) in [6.07, 6.45) is 0.828. The van der Waals surface area contributed by atoms with E-state index in [1.54, 1.807) is 4.90 Å². The molecule has 1 aromatic heterocycles. The first-order chi connectivity index (χ1) is 7.27. The van der Waals surface area contributed by atoms with E-state index in [4.69, 9.17) is 4.74 Å². The quantitative estimate of drug-likeness (QED) is 0.682. The van der Waals surface area contributed by atoms with Gasteiger partial charge in [0.25, 0.3) is 11.5 Å². The number of hydrogen-bond donors (Lipinski definition) is 1. The molecule has 1 aliphatic heterocycles. The molecule has 0 aliphatic carbocycles. The van der Waals surface area contributed by atoms with Gasteiger partial charge in [0.1, 0.15) is 12.4 Å². The van der Waals surface area contributed by atoms with Gasteiger partial charge in [0.05, 0.1) is 6.61 Å². The lowest BCUT2D eigenvalue weighted by Crippen LogP contribution is -2.38. The molecule has 0 aromatic carbocycles. The van der Waals surface area contributed by atoms with Crippen molar-refractivity contribution in [3.8, 4) is 0 Å². The normalized spacial score (nSPS) is 16.4. The Balaban J connectivity index is 2.12. The molecule has 1 fully saturated rings. The van der Waals surface area contributed by atoms with Crippen LogP contribution in [0.4, 0.5) is 0 Å². The molecule has 0 bridgehead atoms. The van der Waals surface area contributed by atoms with Crippen molar-refractivity contribution in [2.75, 3.05) is 19.9 Å². The van der Waals surface area contributed by atoms with Gasteiger partial charge in [0.15, 0.2) is 0 Å². The van der Waals surface area contributed by atoms with Crippen LogP contribution in [-0.4, -0.2) is 40.9 Å². The fraction of sp³-hybridized carbons (Fsp3) is 0.444. The standard InChI is InChI=1S/C9H11N3O3/c13-8-3-2-7(10-11-8)9(14)12-4-1-5-15-6-12/h2-3H,1,4-6H2,(H,11,13). The molecule has 0 spiro atoms. The van der Waals surface area contributed by atoms with Crippen LogP contribution in [0.2, 0.25) is 0 Å². The van der Waals surface area contributed by atoms with E-state index in [1.807, 2.05) is 0 Å². The van der Waals surface area contributed by atoms with E-state index in [9.17, 15) is 9.59 Å². The minimum absolute atomic E-state index is 0.217. The summed E-state index contributed by atoms with van der Waals surface area (Å²) in [5.74, 6) is -0.217. The number of amides is 1. The summed E-state index contributed by atoms with van der Waals surface area (Å²) in [5, 5.41) is 5.90. The Labute approximate surface area is 85.9 Å². The summed E-state index contributed by atoms with van der Waals surface area (Å²) in [6, 6.07) is 2.70. The number of nitrogens with one attached hydrogen (secondary N) is 1. The van der Waals surface area contributed by atoms with Gasteiger partial charge < -0.3 is 9.64 Å². The first-order valence-corrected chi connectivity index (χ1v) is 4.70. The van der Waals surface area contributed by atoms with Crippen LogP contribution in [0.5, 0.6) is 0 Å². The number of H-pyrrole nitrogens is 1. The predicted octanol–water partition coefficient (Wildman–Crippen LogP) is -0.410. The van der Waals surface area contributed by atoms with Gasteiger partial charge in [-0.05, 0) is 12.5 Å². The van der Waals surface area contributed by atoms with Crippen LogP contribution in [0.1, 0.15) is 16.9 Å². The first kappa shape index (κ1) is 9.85. The van der Waals surface area contributed by atoms with Gasteiger partial charge in [-0.25, -0.2) is 5.10 Å². The second kappa shape index (κ2) is 4.22. The summed E-state index contributed by atoms with van der Waals surface area (Å²) in [6.45, 7) is 1.64. The number of carbonyl (C=O) groups excluding carboxylic acids is 1.